The summed E-state index contributed by atoms with van der Waals surface area (Å²) in [6, 6.07) is 5.52. The van der Waals surface area contributed by atoms with Gasteiger partial charge in [-0.25, -0.2) is 0 Å². The molecule has 2 aromatic rings. The van der Waals surface area contributed by atoms with Crippen molar-refractivity contribution in [3.05, 3.63) is 41.0 Å². The van der Waals surface area contributed by atoms with E-state index < -0.39 is 0 Å². The normalized spacial score (nSPS) is 10.6. The summed E-state index contributed by atoms with van der Waals surface area (Å²) in [7, 11) is 0. The predicted molar refractivity (Wildman–Crippen MR) is 67.5 cm³/mol. The van der Waals surface area contributed by atoms with Crippen molar-refractivity contribution in [2.45, 2.75) is 20.1 Å². The minimum Gasteiger partial charge on any atom is -0.485 e. The van der Waals surface area contributed by atoms with Crippen molar-refractivity contribution >= 4 is 11.6 Å². The third-order valence-corrected chi connectivity index (χ3v) is 2.59. The van der Waals surface area contributed by atoms with Crippen LogP contribution in [0.25, 0.3) is 0 Å². The topological polar surface area (TPSA) is 60.2 Å². The summed E-state index contributed by atoms with van der Waals surface area (Å²) in [5, 5.41) is 7.61. The maximum atomic E-state index is 5.97. The van der Waals surface area contributed by atoms with Gasteiger partial charge in [-0.05, 0) is 24.7 Å². The molecule has 1 heterocycles. The van der Waals surface area contributed by atoms with Gasteiger partial charge in [0.2, 0.25) is 12.2 Å². The van der Waals surface area contributed by atoms with Gasteiger partial charge in [0.1, 0.15) is 5.75 Å². The highest BCUT2D eigenvalue weighted by atomic mass is 35.5. The second-order valence-electron chi connectivity index (χ2n) is 3.67. The third-order valence-electron chi connectivity index (χ3n) is 2.35. The number of rotatable bonds is 6. The Kier molecular flexibility index (Phi) is 4.55. The highest BCUT2D eigenvalue weighted by Gasteiger charge is 2.06. The molecule has 1 aromatic carbocycles. The molecule has 0 fully saturated rings. The van der Waals surface area contributed by atoms with Crippen LogP contribution in [0.2, 0.25) is 5.02 Å². The fraction of sp³-hybridized carbons (Fsp3) is 0.333. The predicted octanol–water partition coefficient (Wildman–Crippen LogP) is 2.41. The SMILES string of the molecule is CCNCc1cc(Cl)ccc1OCc1ncon1. The quantitative estimate of drug-likeness (QED) is 0.871. The molecular formula is C12H14ClN3O2. The Hall–Kier alpha value is -1.59. The summed E-state index contributed by atoms with van der Waals surface area (Å²) in [5.74, 6) is 1.28. The molecule has 1 aromatic heterocycles. The Morgan fingerprint density at radius 1 is 1.44 bits per heavy atom. The lowest BCUT2D eigenvalue weighted by molar-refractivity contribution is 0.283. The smallest absolute Gasteiger partial charge is 0.213 e. The molecule has 18 heavy (non-hydrogen) atoms. The van der Waals surface area contributed by atoms with E-state index in [4.69, 9.17) is 16.3 Å². The van der Waals surface area contributed by atoms with E-state index in [1.54, 1.807) is 6.07 Å². The number of nitrogens with one attached hydrogen (secondary N) is 1. The lowest BCUT2D eigenvalue weighted by Crippen LogP contribution is -2.13. The molecule has 0 unspecified atom stereocenters. The molecule has 0 saturated heterocycles. The molecule has 96 valence electrons. The molecule has 0 atom stereocenters. The fourth-order valence-corrected chi connectivity index (χ4v) is 1.68. The van der Waals surface area contributed by atoms with E-state index in [9.17, 15) is 0 Å². The molecule has 0 saturated carbocycles. The molecule has 5 nitrogen and oxygen atoms in total. The third kappa shape index (κ3) is 3.45. The Morgan fingerprint density at radius 2 is 2.33 bits per heavy atom. The average molecular weight is 268 g/mol. The van der Waals surface area contributed by atoms with E-state index in [-0.39, 0.29) is 6.61 Å². The van der Waals surface area contributed by atoms with Crippen LogP contribution in [0.3, 0.4) is 0 Å². The van der Waals surface area contributed by atoms with Crippen LogP contribution in [-0.2, 0) is 13.2 Å². The number of hydrogen-bond acceptors (Lipinski definition) is 5. The first-order valence-corrected chi connectivity index (χ1v) is 6.04. The first-order chi connectivity index (χ1) is 8.79. The van der Waals surface area contributed by atoms with Crippen LogP contribution >= 0.6 is 11.6 Å². The maximum absolute atomic E-state index is 5.97. The fourth-order valence-electron chi connectivity index (χ4n) is 1.48. The van der Waals surface area contributed by atoms with Crippen LogP contribution < -0.4 is 10.1 Å². The first kappa shape index (κ1) is 12.9. The summed E-state index contributed by atoms with van der Waals surface area (Å²) in [6.07, 6.45) is 1.28. The maximum Gasteiger partial charge on any atom is 0.213 e. The minimum atomic E-state index is 0.275. The monoisotopic (exact) mass is 267 g/mol. The Balaban J connectivity index is 2.05. The van der Waals surface area contributed by atoms with Crippen LogP contribution in [-0.4, -0.2) is 16.7 Å². The van der Waals surface area contributed by atoms with Crippen molar-refractivity contribution in [3.63, 3.8) is 0 Å². The lowest BCUT2D eigenvalue weighted by Gasteiger charge is -2.11. The lowest BCUT2D eigenvalue weighted by atomic mass is 10.2. The molecular weight excluding hydrogens is 254 g/mol. The number of ether oxygens (including phenoxy) is 1. The van der Waals surface area contributed by atoms with Gasteiger partial charge in [-0.2, -0.15) is 4.98 Å². The van der Waals surface area contributed by atoms with Crippen molar-refractivity contribution in [2.24, 2.45) is 0 Å². The Morgan fingerprint density at radius 3 is 3.06 bits per heavy atom. The zero-order chi connectivity index (χ0) is 12.8. The van der Waals surface area contributed by atoms with Crippen molar-refractivity contribution < 1.29 is 9.26 Å². The largest absolute Gasteiger partial charge is 0.485 e. The Bertz CT molecular complexity index is 488. The van der Waals surface area contributed by atoms with E-state index in [0.717, 1.165) is 17.9 Å². The zero-order valence-corrected chi connectivity index (χ0v) is 10.8. The highest BCUT2D eigenvalue weighted by Crippen LogP contribution is 2.23. The second kappa shape index (κ2) is 6.37. The van der Waals surface area contributed by atoms with E-state index >= 15 is 0 Å². The van der Waals surface area contributed by atoms with Gasteiger partial charge in [-0.15, -0.1) is 0 Å². The van der Waals surface area contributed by atoms with Crippen LogP contribution in [0.15, 0.2) is 29.1 Å². The number of halogens is 1. The van der Waals surface area contributed by atoms with Gasteiger partial charge in [0.25, 0.3) is 0 Å². The van der Waals surface area contributed by atoms with E-state index in [0.29, 0.717) is 17.4 Å². The van der Waals surface area contributed by atoms with E-state index in [2.05, 4.69) is 20.0 Å². The van der Waals surface area contributed by atoms with E-state index in [1.165, 1.54) is 6.39 Å². The van der Waals surface area contributed by atoms with Crippen LogP contribution in [0.4, 0.5) is 0 Å². The first-order valence-electron chi connectivity index (χ1n) is 5.66. The van der Waals surface area contributed by atoms with E-state index in [1.807, 2.05) is 19.1 Å². The van der Waals surface area contributed by atoms with Crippen molar-refractivity contribution in [2.75, 3.05) is 6.54 Å². The van der Waals surface area contributed by atoms with Crippen molar-refractivity contribution in [1.82, 2.24) is 15.5 Å². The summed E-state index contributed by atoms with van der Waals surface area (Å²) in [4.78, 5) is 3.90. The molecule has 2 rings (SSSR count). The van der Waals surface area contributed by atoms with Gasteiger partial charge in [0.15, 0.2) is 6.61 Å². The molecule has 6 heteroatoms. The molecule has 0 spiro atoms. The minimum absolute atomic E-state index is 0.275. The van der Waals surface area contributed by atoms with Gasteiger partial charge < -0.3 is 14.6 Å². The standard InChI is InChI=1S/C12H14ClN3O2/c1-2-14-6-9-5-10(13)3-4-11(9)17-7-12-15-8-18-16-12/h3-5,8,14H,2,6-7H2,1H3. The molecule has 0 amide bonds. The van der Waals surface area contributed by atoms with Gasteiger partial charge in [0.05, 0.1) is 0 Å². The molecule has 0 radical (unpaired) electrons. The van der Waals surface area contributed by atoms with Crippen molar-refractivity contribution in [3.8, 4) is 5.75 Å². The van der Waals surface area contributed by atoms with Crippen LogP contribution in [0.5, 0.6) is 5.75 Å². The molecule has 1 N–H and O–H groups in total. The average Bonchev–Trinajstić information content (AvgIpc) is 2.88. The molecule has 0 aliphatic carbocycles. The molecule has 0 aliphatic heterocycles. The summed E-state index contributed by atoms with van der Waals surface area (Å²) < 4.78 is 10.3. The number of nitrogens with zero attached hydrogens (tertiary/aromatic N) is 2. The van der Waals surface area contributed by atoms with Gasteiger partial charge in [0, 0.05) is 17.1 Å². The molecule has 0 bridgehead atoms. The zero-order valence-electron chi connectivity index (χ0n) is 10.0. The van der Waals surface area contributed by atoms with Crippen LogP contribution in [0, 0.1) is 0 Å². The van der Waals surface area contributed by atoms with Gasteiger partial charge in [-0.3, -0.25) is 0 Å². The number of benzene rings is 1. The van der Waals surface area contributed by atoms with Crippen molar-refractivity contribution in [1.29, 1.82) is 0 Å². The number of aromatic nitrogens is 2. The summed E-state index contributed by atoms with van der Waals surface area (Å²) in [6.45, 7) is 3.91. The van der Waals surface area contributed by atoms with Gasteiger partial charge in [-0.1, -0.05) is 23.7 Å². The molecule has 0 aliphatic rings. The van der Waals surface area contributed by atoms with Crippen LogP contribution in [0.1, 0.15) is 18.3 Å². The summed E-state index contributed by atoms with van der Waals surface area (Å²) >= 11 is 5.97. The Labute approximate surface area is 110 Å². The number of hydrogen-bond donors (Lipinski definition) is 1. The highest BCUT2D eigenvalue weighted by molar-refractivity contribution is 6.30. The van der Waals surface area contributed by atoms with Gasteiger partial charge >= 0.3 is 0 Å². The second-order valence-corrected chi connectivity index (χ2v) is 4.10. The summed E-state index contributed by atoms with van der Waals surface area (Å²) in [5.41, 5.74) is 1.01.